The van der Waals surface area contributed by atoms with Gasteiger partial charge >= 0.3 is 5.97 Å². The summed E-state index contributed by atoms with van der Waals surface area (Å²) in [6.45, 7) is 5.66. The smallest absolute Gasteiger partial charge is 0.339 e. The van der Waals surface area contributed by atoms with Crippen molar-refractivity contribution in [1.82, 2.24) is 5.32 Å². The summed E-state index contributed by atoms with van der Waals surface area (Å²) < 4.78 is 10.8. The third kappa shape index (κ3) is 3.21. The van der Waals surface area contributed by atoms with Crippen LogP contribution in [0.4, 0.5) is 0 Å². The second-order valence-electron chi connectivity index (χ2n) is 4.94. The Morgan fingerprint density at radius 1 is 1.18 bits per heavy atom. The predicted octanol–water partition coefficient (Wildman–Crippen LogP) is 2.93. The van der Waals surface area contributed by atoms with Gasteiger partial charge in [-0.3, -0.25) is 4.79 Å². The first-order chi connectivity index (χ1) is 10.5. The van der Waals surface area contributed by atoms with E-state index < -0.39 is 5.97 Å². The van der Waals surface area contributed by atoms with Crippen LogP contribution in [0.3, 0.4) is 0 Å². The average Bonchev–Trinajstić information content (AvgIpc) is 3.07. The van der Waals surface area contributed by atoms with Gasteiger partial charge in [0.2, 0.25) is 0 Å². The topological polar surface area (TPSA) is 92.7 Å². The van der Waals surface area contributed by atoms with Crippen molar-refractivity contribution in [2.75, 3.05) is 0 Å². The molecule has 0 spiro atoms. The Morgan fingerprint density at radius 2 is 1.91 bits per heavy atom. The number of hydrogen-bond donors (Lipinski definition) is 2. The molecular formula is C16H19NO5. The molecule has 6 nitrogen and oxygen atoms in total. The van der Waals surface area contributed by atoms with E-state index >= 15 is 0 Å². The quantitative estimate of drug-likeness (QED) is 0.856. The molecule has 0 aliphatic carbocycles. The Morgan fingerprint density at radius 3 is 2.41 bits per heavy atom. The summed E-state index contributed by atoms with van der Waals surface area (Å²) >= 11 is 0. The Kier molecular flexibility index (Phi) is 4.70. The fourth-order valence-corrected chi connectivity index (χ4v) is 2.27. The van der Waals surface area contributed by atoms with Gasteiger partial charge in [-0.25, -0.2) is 4.79 Å². The summed E-state index contributed by atoms with van der Waals surface area (Å²) in [5.74, 6) is 0.382. The highest BCUT2D eigenvalue weighted by molar-refractivity contribution is 5.92. The van der Waals surface area contributed by atoms with Crippen LogP contribution in [-0.4, -0.2) is 17.0 Å². The normalized spacial score (nSPS) is 10.7. The van der Waals surface area contributed by atoms with Crippen LogP contribution in [-0.2, 0) is 19.4 Å². The number of aryl methyl sites for hydroxylation is 3. The highest BCUT2D eigenvalue weighted by Gasteiger charge is 2.17. The van der Waals surface area contributed by atoms with Gasteiger partial charge in [0.05, 0.1) is 6.54 Å². The molecule has 6 heteroatoms. The lowest BCUT2D eigenvalue weighted by Gasteiger charge is -2.00. The van der Waals surface area contributed by atoms with Gasteiger partial charge in [-0.2, -0.15) is 0 Å². The molecule has 0 atom stereocenters. The van der Waals surface area contributed by atoms with Crippen molar-refractivity contribution in [1.29, 1.82) is 0 Å². The number of carboxylic acid groups (broad SMARTS) is 1. The third-order valence-electron chi connectivity index (χ3n) is 3.44. The van der Waals surface area contributed by atoms with E-state index in [1.54, 1.807) is 13.0 Å². The first-order valence-electron chi connectivity index (χ1n) is 7.18. The van der Waals surface area contributed by atoms with Crippen LogP contribution in [0, 0.1) is 6.92 Å². The minimum atomic E-state index is -1.05. The fourth-order valence-electron chi connectivity index (χ4n) is 2.27. The van der Waals surface area contributed by atoms with Gasteiger partial charge in [0.15, 0.2) is 5.76 Å². The van der Waals surface area contributed by atoms with Crippen LogP contribution in [0.5, 0.6) is 0 Å². The lowest BCUT2D eigenvalue weighted by atomic mass is 10.1. The van der Waals surface area contributed by atoms with Crippen LogP contribution in [0.1, 0.15) is 57.6 Å². The largest absolute Gasteiger partial charge is 0.478 e. The van der Waals surface area contributed by atoms with Gasteiger partial charge < -0.3 is 19.3 Å². The number of rotatable bonds is 6. The minimum Gasteiger partial charge on any atom is -0.478 e. The molecule has 1 amide bonds. The molecule has 22 heavy (non-hydrogen) atoms. The van der Waals surface area contributed by atoms with Crippen molar-refractivity contribution < 1.29 is 23.5 Å². The molecule has 0 saturated heterocycles. The zero-order valence-electron chi connectivity index (χ0n) is 12.9. The maximum atomic E-state index is 12.1. The molecule has 2 heterocycles. The number of carboxylic acids is 1. The van der Waals surface area contributed by atoms with Crippen LogP contribution < -0.4 is 5.32 Å². The number of amides is 1. The molecule has 0 aliphatic rings. The number of nitrogens with one attached hydrogen (secondary N) is 1. The molecule has 2 aromatic rings. The number of aromatic carboxylic acids is 1. The van der Waals surface area contributed by atoms with Gasteiger partial charge in [-0.05, 0) is 31.0 Å². The highest BCUT2D eigenvalue weighted by atomic mass is 16.4. The molecule has 0 bridgehead atoms. The van der Waals surface area contributed by atoms with E-state index in [-0.39, 0.29) is 23.8 Å². The van der Waals surface area contributed by atoms with E-state index in [1.807, 2.05) is 13.8 Å². The fraction of sp³-hybridized carbons (Fsp3) is 0.375. The van der Waals surface area contributed by atoms with Crippen molar-refractivity contribution in [3.8, 4) is 0 Å². The summed E-state index contributed by atoms with van der Waals surface area (Å²) in [6.07, 6.45) is 1.54. The summed E-state index contributed by atoms with van der Waals surface area (Å²) in [4.78, 5) is 23.0. The van der Waals surface area contributed by atoms with Crippen LogP contribution >= 0.6 is 0 Å². The lowest BCUT2D eigenvalue weighted by molar-refractivity contribution is 0.0694. The third-order valence-corrected chi connectivity index (χ3v) is 3.44. The number of furan rings is 2. The average molecular weight is 305 g/mol. The zero-order valence-corrected chi connectivity index (χ0v) is 12.9. The van der Waals surface area contributed by atoms with E-state index in [9.17, 15) is 9.59 Å². The van der Waals surface area contributed by atoms with E-state index in [2.05, 4.69) is 5.32 Å². The second-order valence-corrected chi connectivity index (χ2v) is 4.94. The van der Waals surface area contributed by atoms with Crippen molar-refractivity contribution in [2.45, 2.75) is 40.2 Å². The molecule has 0 unspecified atom stereocenters. The monoisotopic (exact) mass is 305 g/mol. The molecule has 0 aliphatic heterocycles. The molecule has 2 N–H and O–H groups in total. The lowest BCUT2D eigenvalue weighted by Crippen LogP contribution is -2.22. The number of hydrogen-bond acceptors (Lipinski definition) is 4. The summed E-state index contributed by atoms with van der Waals surface area (Å²) in [5, 5.41) is 11.6. The van der Waals surface area contributed by atoms with Crippen molar-refractivity contribution in [2.24, 2.45) is 0 Å². The Labute approximate surface area is 128 Å². The maximum Gasteiger partial charge on any atom is 0.339 e. The first-order valence-corrected chi connectivity index (χ1v) is 7.18. The van der Waals surface area contributed by atoms with Crippen LogP contribution in [0.2, 0.25) is 0 Å². The maximum absolute atomic E-state index is 12.1. The van der Waals surface area contributed by atoms with Gasteiger partial charge in [-0.15, -0.1) is 0 Å². The summed E-state index contributed by atoms with van der Waals surface area (Å²) in [6, 6.07) is 3.15. The van der Waals surface area contributed by atoms with Crippen molar-refractivity contribution in [3.05, 3.63) is 46.3 Å². The predicted molar refractivity (Wildman–Crippen MR) is 79.0 cm³/mol. The molecular weight excluding hydrogens is 286 g/mol. The van der Waals surface area contributed by atoms with E-state index in [1.165, 1.54) is 6.07 Å². The van der Waals surface area contributed by atoms with Gasteiger partial charge in [0.25, 0.3) is 5.91 Å². The van der Waals surface area contributed by atoms with Crippen molar-refractivity contribution in [3.63, 3.8) is 0 Å². The molecule has 0 fully saturated rings. The Bertz CT molecular complexity index is 674. The molecule has 0 saturated carbocycles. The number of carbonyl (C=O) groups excluding carboxylic acids is 1. The van der Waals surface area contributed by atoms with Gasteiger partial charge in [-0.1, -0.05) is 13.8 Å². The molecule has 118 valence electrons. The Hall–Kier alpha value is -2.50. The molecule has 0 aromatic carbocycles. The van der Waals surface area contributed by atoms with E-state index in [4.69, 9.17) is 13.9 Å². The number of carbonyl (C=O) groups is 2. The van der Waals surface area contributed by atoms with Crippen LogP contribution in [0.15, 0.2) is 21.0 Å². The first kappa shape index (κ1) is 15.9. The Balaban J connectivity index is 2.05. The molecule has 2 rings (SSSR count). The zero-order chi connectivity index (χ0) is 16.3. The van der Waals surface area contributed by atoms with Gasteiger partial charge in [0, 0.05) is 6.42 Å². The minimum absolute atomic E-state index is 0.101. The summed E-state index contributed by atoms with van der Waals surface area (Å²) in [7, 11) is 0. The van der Waals surface area contributed by atoms with E-state index in [0.29, 0.717) is 11.5 Å². The summed E-state index contributed by atoms with van der Waals surface area (Å²) in [5.41, 5.74) is 1.12. The SMILES string of the molecule is CCc1cc(C(=O)NCc2cc(C(=O)O)c(C)o2)oc1CC. The highest BCUT2D eigenvalue weighted by Crippen LogP contribution is 2.18. The molecule has 2 aromatic heterocycles. The standard InChI is InChI=1S/C16H19NO5/c1-4-10-6-14(22-13(10)5-2)15(18)17-8-11-7-12(16(19)20)9(3)21-11/h6-7H,4-5,8H2,1-3H3,(H,17,18)(H,19,20). The van der Waals surface area contributed by atoms with Gasteiger partial charge in [0.1, 0.15) is 22.8 Å². The second kappa shape index (κ2) is 6.51. The van der Waals surface area contributed by atoms with E-state index in [0.717, 1.165) is 24.2 Å². The van der Waals surface area contributed by atoms with Crippen molar-refractivity contribution >= 4 is 11.9 Å². The van der Waals surface area contributed by atoms with Crippen LogP contribution in [0.25, 0.3) is 0 Å². The molecule has 0 radical (unpaired) electrons.